The van der Waals surface area contributed by atoms with Crippen molar-refractivity contribution in [2.24, 2.45) is 5.73 Å². The largest absolute Gasteiger partial charge is 0.376 e. The summed E-state index contributed by atoms with van der Waals surface area (Å²) in [4.78, 5) is 2.47. The Hall–Kier alpha value is -0.900. The van der Waals surface area contributed by atoms with Gasteiger partial charge in [0.1, 0.15) is 0 Å². The second-order valence-corrected chi connectivity index (χ2v) is 5.87. The minimum atomic E-state index is 0.0494. The first-order valence-corrected chi connectivity index (χ1v) is 7.18. The maximum absolute atomic E-state index is 6.44. The van der Waals surface area contributed by atoms with E-state index >= 15 is 0 Å². The van der Waals surface area contributed by atoms with Gasteiger partial charge in [-0.2, -0.15) is 0 Å². The maximum Gasteiger partial charge on any atom is 0.0674 e. The Morgan fingerprint density at radius 1 is 1.26 bits per heavy atom. The molecule has 1 fully saturated rings. The third-order valence-corrected chi connectivity index (χ3v) is 4.16. The molecule has 1 saturated heterocycles. The van der Waals surface area contributed by atoms with Gasteiger partial charge in [-0.1, -0.05) is 29.8 Å². The van der Waals surface area contributed by atoms with Crippen LogP contribution < -0.4 is 5.73 Å². The molecule has 1 heterocycles. The molecule has 4 unspecified atom stereocenters. The van der Waals surface area contributed by atoms with Gasteiger partial charge in [0.05, 0.1) is 12.7 Å². The number of benzene rings is 1. The predicted molar refractivity (Wildman–Crippen MR) is 79.2 cm³/mol. The molecule has 1 aliphatic rings. The van der Waals surface area contributed by atoms with Crippen molar-refractivity contribution < 1.29 is 4.74 Å². The molecule has 0 aliphatic carbocycles. The van der Waals surface area contributed by atoms with Crippen molar-refractivity contribution in [2.45, 2.75) is 51.9 Å². The first-order valence-electron chi connectivity index (χ1n) is 7.18. The maximum atomic E-state index is 6.44. The van der Waals surface area contributed by atoms with E-state index in [0.29, 0.717) is 18.2 Å². The number of morpholine rings is 1. The summed E-state index contributed by atoms with van der Waals surface area (Å²) in [6.07, 6.45) is 0.295. The highest BCUT2D eigenvalue weighted by atomic mass is 16.5. The topological polar surface area (TPSA) is 38.5 Å². The van der Waals surface area contributed by atoms with E-state index in [1.807, 2.05) is 0 Å². The fourth-order valence-electron chi connectivity index (χ4n) is 2.77. The van der Waals surface area contributed by atoms with Crippen LogP contribution in [-0.2, 0) is 4.74 Å². The lowest BCUT2D eigenvalue weighted by atomic mass is 9.97. The quantitative estimate of drug-likeness (QED) is 0.909. The Morgan fingerprint density at radius 2 is 1.89 bits per heavy atom. The molecule has 1 aromatic rings. The molecule has 3 heteroatoms. The molecule has 0 spiro atoms. The molecule has 0 bridgehead atoms. The smallest absolute Gasteiger partial charge is 0.0674 e. The van der Waals surface area contributed by atoms with E-state index in [1.54, 1.807) is 0 Å². The van der Waals surface area contributed by atoms with Crippen LogP contribution in [0.4, 0.5) is 0 Å². The number of rotatable bonds is 3. The van der Waals surface area contributed by atoms with Gasteiger partial charge in [-0.25, -0.2) is 0 Å². The average Bonchev–Trinajstić information content (AvgIpc) is 2.41. The molecule has 0 aromatic heterocycles. The van der Waals surface area contributed by atoms with Crippen LogP contribution in [0.5, 0.6) is 0 Å². The molecule has 19 heavy (non-hydrogen) atoms. The molecule has 4 atom stereocenters. The monoisotopic (exact) mass is 262 g/mol. The SMILES string of the molecule is Cc1ccc(C(N)C(C)N2CC(C)OCC2C)cc1. The van der Waals surface area contributed by atoms with Gasteiger partial charge in [0, 0.05) is 24.7 Å². The van der Waals surface area contributed by atoms with E-state index in [1.165, 1.54) is 11.1 Å². The van der Waals surface area contributed by atoms with Gasteiger partial charge in [-0.3, -0.25) is 4.90 Å². The van der Waals surface area contributed by atoms with Gasteiger partial charge >= 0.3 is 0 Å². The Bertz CT molecular complexity index is 404. The van der Waals surface area contributed by atoms with Crippen molar-refractivity contribution in [3.05, 3.63) is 35.4 Å². The van der Waals surface area contributed by atoms with E-state index in [4.69, 9.17) is 10.5 Å². The molecule has 0 radical (unpaired) electrons. The van der Waals surface area contributed by atoms with Crippen molar-refractivity contribution in [2.75, 3.05) is 13.2 Å². The zero-order valence-corrected chi connectivity index (χ0v) is 12.5. The van der Waals surface area contributed by atoms with Crippen molar-refractivity contribution in [3.63, 3.8) is 0 Å². The molecular weight excluding hydrogens is 236 g/mol. The van der Waals surface area contributed by atoms with Crippen LogP contribution in [0.3, 0.4) is 0 Å². The first-order chi connectivity index (χ1) is 8.99. The molecular formula is C16H26N2O. The molecule has 1 aliphatic heterocycles. The molecule has 3 nitrogen and oxygen atoms in total. The summed E-state index contributed by atoms with van der Waals surface area (Å²) in [5.74, 6) is 0. The number of nitrogens with zero attached hydrogens (tertiary/aromatic N) is 1. The highest BCUT2D eigenvalue weighted by Crippen LogP contribution is 2.23. The summed E-state index contributed by atoms with van der Waals surface area (Å²) < 4.78 is 5.69. The van der Waals surface area contributed by atoms with E-state index in [2.05, 4.69) is 56.9 Å². The number of aryl methyl sites for hydroxylation is 1. The van der Waals surface area contributed by atoms with Gasteiger partial charge in [0.15, 0.2) is 0 Å². The molecule has 2 N–H and O–H groups in total. The third-order valence-electron chi connectivity index (χ3n) is 4.16. The summed E-state index contributed by atoms with van der Waals surface area (Å²) in [5.41, 5.74) is 8.93. The van der Waals surface area contributed by atoms with Gasteiger partial charge in [0.25, 0.3) is 0 Å². The molecule has 0 amide bonds. The summed E-state index contributed by atoms with van der Waals surface area (Å²) >= 11 is 0. The third kappa shape index (κ3) is 3.35. The minimum absolute atomic E-state index is 0.0494. The molecule has 1 aromatic carbocycles. The van der Waals surface area contributed by atoms with Crippen LogP contribution in [0.25, 0.3) is 0 Å². The molecule has 2 rings (SSSR count). The fourth-order valence-corrected chi connectivity index (χ4v) is 2.77. The normalized spacial score (nSPS) is 28.1. The number of ether oxygens (including phenoxy) is 1. The highest BCUT2D eigenvalue weighted by Gasteiger charge is 2.30. The van der Waals surface area contributed by atoms with Crippen LogP contribution >= 0.6 is 0 Å². The number of hydrogen-bond donors (Lipinski definition) is 1. The Balaban J connectivity index is 2.09. The van der Waals surface area contributed by atoms with Crippen LogP contribution in [0.1, 0.15) is 37.9 Å². The van der Waals surface area contributed by atoms with Gasteiger partial charge in [-0.05, 0) is 33.3 Å². The second kappa shape index (κ2) is 6.04. The standard InChI is InChI=1S/C16H26N2O/c1-11-5-7-15(8-6-11)16(17)14(4)18-9-13(3)19-10-12(18)2/h5-8,12-14,16H,9-10,17H2,1-4H3. The fraction of sp³-hybridized carbons (Fsp3) is 0.625. The predicted octanol–water partition coefficient (Wildman–Crippen LogP) is 2.49. The lowest BCUT2D eigenvalue weighted by Gasteiger charge is -2.42. The zero-order valence-electron chi connectivity index (χ0n) is 12.5. The number of nitrogens with two attached hydrogens (primary N) is 1. The summed E-state index contributed by atoms with van der Waals surface area (Å²) in [6, 6.07) is 9.36. The van der Waals surface area contributed by atoms with Crippen molar-refractivity contribution >= 4 is 0 Å². The van der Waals surface area contributed by atoms with Crippen LogP contribution in [0.15, 0.2) is 24.3 Å². The lowest BCUT2D eigenvalue weighted by Crippen LogP contribution is -2.54. The Kier molecular flexibility index (Phi) is 4.61. The van der Waals surface area contributed by atoms with Crippen LogP contribution in [0, 0.1) is 6.92 Å². The van der Waals surface area contributed by atoms with Gasteiger partial charge < -0.3 is 10.5 Å². The molecule has 0 saturated carbocycles. The zero-order chi connectivity index (χ0) is 14.0. The molecule has 106 valence electrons. The first kappa shape index (κ1) is 14.5. The van der Waals surface area contributed by atoms with E-state index in [-0.39, 0.29) is 6.04 Å². The highest BCUT2D eigenvalue weighted by molar-refractivity contribution is 5.25. The van der Waals surface area contributed by atoms with Crippen molar-refractivity contribution in [1.82, 2.24) is 4.90 Å². The van der Waals surface area contributed by atoms with Crippen LogP contribution in [0.2, 0.25) is 0 Å². The van der Waals surface area contributed by atoms with E-state index < -0.39 is 0 Å². The van der Waals surface area contributed by atoms with Crippen LogP contribution in [-0.4, -0.2) is 36.2 Å². The van der Waals surface area contributed by atoms with Gasteiger partial charge in [0.2, 0.25) is 0 Å². The second-order valence-electron chi connectivity index (χ2n) is 5.87. The van der Waals surface area contributed by atoms with Crippen molar-refractivity contribution in [3.8, 4) is 0 Å². The number of hydrogen-bond acceptors (Lipinski definition) is 3. The summed E-state index contributed by atoms with van der Waals surface area (Å²) in [6.45, 7) is 10.4. The summed E-state index contributed by atoms with van der Waals surface area (Å²) in [5, 5.41) is 0. The summed E-state index contributed by atoms with van der Waals surface area (Å²) in [7, 11) is 0. The Labute approximate surface area is 116 Å². The van der Waals surface area contributed by atoms with Crippen molar-refractivity contribution in [1.29, 1.82) is 0 Å². The lowest BCUT2D eigenvalue weighted by molar-refractivity contribution is -0.0668. The van der Waals surface area contributed by atoms with E-state index in [0.717, 1.165) is 13.2 Å². The Morgan fingerprint density at radius 3 is 2.53 bits per heavy atom. The van der Waals surface area contributed by atoms with E-state index in [9.17, 15) is 0 Å². The average molecular weight is 262 g/mol. The minimum Gasteiger partial charge on any atom is -0.376 e. The van der Waals surface area contributed by atoms with Gasteiger partial charge in [-0.15, -0.1) is 0 Å².